The third-order valence-corrected chi connectivity index (χ3v) is 5.24. The maximum absolute atomic E-state index is 4.39. The van der Waals surface area contributed by atoms with E-state index in [4.69, 9.17) is 0 Å². The van der Waals surface area contributed by atoms with Gasteiger partial charge in [-0.15, -0.1) is 0 Å². The summed E-state index contributed by atoms with van der Waals surface area (Å²) in [6.07, 6.45) is 8.17. The van der Waals surface area contributed by atoms with Crippen molar-refractivity contribution >= 4 is 5.69 Å². The van der Waals surface area contributed by atoms with Crippen LogP contribution in [-0.2, 0) is 19.4 Å². The molecule has 3 heteroatoms. The fourth-order valence-corrected chi connectivity index (χ4v) is 3.85. The van der Waals surface area contributed by atoms with E-state index in [0.29, 0.717) is 6.04 Å². The van der Waals surface area contributed by atoms with Crippen LogP contribution in [0.1, 0.15) is 36.1 Å². The number of hydrogen-bond donors (Lipinski definition) is 1. The van der Waals surface area contributed by atoms with Gasteiger partial charge in [0.25, 0.3) is 0 Å². The highest BCUT2D eigenvalue weighted by Crippen LogP contribution is 2.28. The fourth-order valence-electron chi connectivity index (χ4n) is 3.85. The molecular formula is C20H25N3. The van der Waals surface area contributed by atoms with Gasteiger partial charge in [-0.25, -0.2) is 0 Å². The number of anilines is 1. The van der Waals surface area contributed by atoms with Crippen LogP contribution in [-0.4, -0.2) is 24.1 Å². The number of nitrogens with one attached hydrogen (secondary N) is 1. The second-order valence-electron chi connectivity index (χ2n) is 6.77. The molecule has 0 radical (unpaired) electrons. The lowest BCUT2D eigenvalue weighted by Gasteiger charge is -2.34. The minimum atomic E-state index is 0.614. The van der Waals surface area contributed by atoms with Crippen molar-refractivity contribution < 1.29 is 0 Å². The number of aryl methyl sites for hydroxylation is 2. The fraction of sp³-hybridized carbons (Fsp3) is 0.450. The maximum Gasteiger partial charge on any atom is 0.0541 e. The molecule has 0 spiro atoms. The molecule has 0 amide bonds. The third-order valence-electron chi connectivity index (χ3n) is 5.24. The summed E-state index contributed by atoms with van der Waals surface area (Å²) in [6, 6.07) is 13.8. The van der Waals surface area contributed by atoms with E-state index in [2.05, 4.69) is 45.5 Å². The second kappa shape index (κ2) is 6.71. The normalized spacial score (nSPS) is 18.2. The number of benzene rings is 1. The number of pyridine rings is 1. The largest absolute Gasteiger partial charge is 0.371 e. The summed E-state index contributed by atoms with van der Waals surface area (Å²) < 4.78 is 0. The van der Waals surface area contributed by atoms with Gasteiger partial charge in [-0.1, -0.05) is 12.1 Å². The van der Waals surface area contributed by atoms with Gasteiger partial charge in [-0.3, -0.25) is 4.98 Å². The maximum atomic E-state index is 4.39. The van der Waals surface area contributed by atoms with Crippen LogP contribution in [0.2, 0.25) is 0 Å². The lowest BCUT2D eigenvalue weighted by molar-refractivity contribution is 0.412. The van der Waals surface area contributed by atoms with Crippen molar-refractivity contribution in [1.82, 2.24) is 10.3 Å². The van der Waals surface area contributed by atoms with E-state index in [1.807, 2.05) is 12.3 Å². The standard InChI is InChI=1S/C20H25N3/c1-2-11-21-19(6-1)15-22-18-9-12-23(13-10-18)20-8-7-16-4-3-5-17(16)14-20/h1-2,6-8,11,14,18,22H,3-5,9-10,12-13,15H2. The van der Waals surface area contributed by atoms with Crippen molar-refractivity contribution in [3.05, 3.63) is 59.4 Å². The minimum Gasteiger partial charge on any atom is -0.371 e. The molecule has 3 nitrogen and oxygen atoms in total. The summed E-state index contributed by atoms with van der Waals surface area (Å²) in [4.78, 5) is 6.94. The molecule has 1 fully saturated rings. The minimum absolute atomic E-state index is 0.614. The Morgan fingerprint density at radius 2 is 1.91 bits per heavy atom. The van der Waals surface area contributed by atoms with Crippen molar-refractivity contribution in [3.63, 3.8) is 0 Å². The molecule has 2 heterocycles. The number of piperidine rings is 1. The lowest BCUT2D eigenvalue weighted by Crippen LogP contribution is -2.42. The summed E-state index contributed by atoms with van der Waals surface area (Å²) >= 11 is 0. The van der Waals surface area contributed by atoms with Crippen molar-refractivity contribution in [2.75, 3.05) is 18.0 Å². The van der Waals surface area contributed by atoms with Crippen molar-refractivity contribution in [2.24, 2.45) is 0 Å². The van der Waals surface area contributed by atoms with Gasteiger partial charge in [-0.05, 0) is 67.5 Å². The zero-order chi connectivity index (χ0) is 15.5. The average molecular weight is 307 g/mol. The molecule has 23 heavy (non-hydrogen) atoms. The zero-order valence-corrected chi connectivity index (χ0v) is 13.7. The van der Waals surface area contributed by atoms with Gasteiger partial charge >= 0.3 is 0 Å². The van der Waals surface area contributed by atoms with Gasteiger partial charge in [0.1, 0.15) is 0 Å². The van der Waals surface area contributed by atoms with Gasteiger partial charge in [0.2, 0.25) is 0 Å². The second-order valence-corrected chi connectivity index (χ2v) is 6.77. The Kier molecular flexibility index (Phi) is 4.29. The predicted molar refractivity (Wildman–Crippen MR) is 94.8 cm³/mol. The number of fused-ring (bicyclic) bond motifs is 1. The average Bonchev–Trinajstić information content (AvgIpc) is 3.09. The Balaban J connectivity index is 1.31. The van der Waals surface area contributed by atoms with E-state index in [0.717, 1.165) is 25.3 Å². The van der Waals surface area contributed by atoms with E-state index >= 15 is 0 Å². The molecule has 1 aliphatic carbocycles. The topological polar surface area (TPSA) is 28.2 Å². The molecule has 0 unspecified atom stereocenters. The molecule has 120 valence electrons. The van der Waals surface area contributed by atoms with Crippen molar-refractivity contribution in [2.45, 2.75) is 44.7 Å². The zero-order valence-electron chi connectivity index (χ0n) is 13.7. The smallest absolute Gasteiger partial charge is 0.0541 e. The molecule has 1 aliphatic heterocycles. The van der Waals surface area contributed by atoms with Crippen LogP contribution < -0.4 is 10.2 Å². The predicted octanol–water partition coefficient (Wildman–Crippen LogP) is 3.33. The van der Waals surface area contributed by atoms with E-state index in [9.17, 15) is 0 Å². The first-order chi connectivity index (χ1) is 11.4. The molecule has 1 N–H and O–H groups in total. The highest BCUT2D eigenvalue weighted by molar-refractivity contribution is 5.52. The van der Waals surface area contributed by atoms with Crippen LogP contribution in [0.15, 0.2) is 42.6 Å². The molecule has 2 aromatic rings. The highest BCUT2D eigenvalue weighted by Gasteiger charge is 2.20. The molecular weight excluding hydrogens is 282 g/mol. The van der Waals surface area contributed by atoms with E-state index in [-0.39, 0.29) is 0 Å². The quantitative estimate of drug-likeness (QED) is 0.939. The van der Waals surface area contributed by atoms with Gasteiger partial charge in [0.15, 0.2) is 0 Å². The van der Waals surface area contributed by atoms with Crippen LogP contribution in [0.5, 0.6) is 0 Å². The van der Waals surface area contributed by atoms with Crippen molar-refractivity contribution in [1.29, 1.82) is 0 Å². The first-order valence-electron chi connectivity index (χ1n) is 8.88. The Bertz CT molecular complexity index is 645. The molecule has 1 saturated heterocycles. The van der Waals surface area contributed by atoms with Gasteiger partial charge in [-0.2, -0.15) is 0 Å². The van der Waals surface area contributed by atoms with Crippen LogP contribution in [0, 0.1) is 0 Å². The summed E-state index contributed by atoms with van der Waals surface area (Å²) in [5, 5.41) is 3.66. The molecule has 4 rings (SSSR count). The molecule has 0 atom stereocenters. The van der Waals surface area contributed by atoms with Crippen LogP contribution >= 0.6 is 0 Å². The SMILES string of the molecule is c1ccc(CNC2CCN(c3ccc4c(c3)CCC4)CC2)nc1. The number of aromatic nitrogens is 1. The summed E-state index contributed by atoms with van der Waals surface area (Å²) in [6.45, 7) is 3.18. The molecule has 2 aliphatic rings. The van der Waals surface area contributed by atoms with Crippen LogP contribution in [0.25, 0.3) is 0 Å². The van der Waals surface area contributed by atoms with Gasteiger partial charge in [0.05, 0.1) is 5.69 Å². The van der Waals surface area contributed by atoms with E-state index in [1.54, 1.807) is 11.1 Å². The van der Waals surface area contributed by atoms with E-state index in [1.165, 1.54) is 37.8 Å². The Morgan fingerprint density at radius 1 is 1.04 bits per heavy atom. The monoisotopic (exact) mass is 307 g/mol. The van der Waals surface area contributed by atoms with Crippen molar-refractivity contribution in [3.8, 4) is 0 Å². The molecule has 0 saturated carbocycles. The van der Waals surface area contributed by atoms with Gasteiger partial charge < -0.3 is 10.2 Å². The molecule has 1 aromatic heterocycles. The Hall–Kier alpha value is -1.87. The first kappa shape index (κ1) is 14.7. The van der Waals surface area contributed by atoms with Gasteiger partial charge in [0, 0.05) is 37.6 Å². The summed E-state index contributed by atoms with van der Waals surface area (Å²) in [5.74, 6) is 0. The first-order valence-corrected chi connectivity index (χ1v) is 8.88. The number of nitrogens with zero attached hydrogens (tertiary/aromatic N) is 2. The van der Waals surface area contributed by atoms with Crippen LogP contribution in [0.4, 0.5) is 5.69 Å². The van der Waals surface area contributed by atoms with E-state index < -0.39 is 0 Å². The highest BCUT2D eigenvalue weighted by atomic mass is 15.1. The number of hydrogen-bond acceptors (Lipinski definition) is 3. The van der Waals surface area contributed by atoms with Crippen LogP contribution in [0.3, 0.4) is 0 Å². The Morgan fingerprint density at radius 3 is 2.74 bits per heavy atom. The number of rotatable bonds is 4. The Labute approximate surface area is 138 Å². The molecule has 0 bridgehead atoms. The summed E-state index contributed by atoms with van der Waals surface area (Å²) in [5.41, 5.74) is 5.71. The molecule has 1 aromatic carbocycles. The third kappa shape index (κ3) is 3.40. The summed E-state index contributed by atoms with van der Waals surface area (Å²) in [7, 11) is 0. The lowest BCUT2D eigenvalue weighted by atomic mass is 10.0.